The Morgan fingerprint density at radius 2 is 0.824 bits per heavy atom. The first-order valence-corrected chi connectivity index (χ1v) is 21.9. The third-order valence-corrected chi connectivity index (χ3v) is 10.1. The second-order valence-corrected chi connectivity index (χ2v) is 15.0. The fraction of sp³-hybridized carbons (Fsp3) is 0.844. The Morgan fingerprint density at radius 1 is 0.471 bits per heavy atom. The van der Waals surface area contributed by atoms with Gasteiger partial charge >= 0.3 is 0 Å². The van der Waals surface area contributed by atoms with Gasteiger partial charge in [-0.15, -0.1) is 0 Å². The summed E-state index contributed by atoms with van der Waals surface area (Å²) in [6, 6.07) is -1.01. The molecule has 0 saturated heterocycles. The first-order valence-electron chi connectivity index (χ1n) is 21.9. The first kappa shape index (κ1) is 49.5. The second-order valence-electron chi connectivity index (χ2n) is 15.0. The molecule has 1 amide bonds. The number of aliphatic hydroxyl groups excluding tert-OH is 4. The summed E-state index contributed by atoms with van der Waals surface area (Å²) < 4.78 is 0. The summed E-state index contributed by atoms with van der Waals surface area (Å²) in [5, 5.41) is 43.4. The minimum atomic E-state index is -1.29. The summed E-state index contributed by atoms with van der Waals surface area (Å²) in [7, 11) is 0. The van der Waals surface area contributed by atoms with Crippen LogP contribution < -0.4 is 5.32 Å². The van der Waals surface area contributed by atoms with Crippen molar-refractivity contribution in [3.63, 3.8) is 0 Å². The van der Waals surface area contributed by atoms with E-state index >= 15 is 0 Å². The molecular formula is C45H85NO5. The number of rotatable bonds is 39. The number of carbonyl (C=O) groups is 1. The maximum absolute atomic E-state index is 12.4. The van der Waals surface area contributed by atoms with Crippen molar-refractivity contribution in [3.8, 4) is 0 Å². The number of carbonyl (C=O) groups excluding carboxylic acids is 1. The number of amides is 1. The Labute approximate surface area is 316 Å². The molecule has 4 atom stereocenters. The Kier molecular flexibility index (Phi) is 38.6. The van der Waals surface area contributed by atoms with Crippen molar-refractivity contribution in [1.29, 1.82) is 0 Å². The van der Waals surface area contributed by atoms with Crippen LogP contribution in [0.1, 0.15) is 213 Å². The standard InChI is InChI=1S/C45H85NO5/c1-3-5-7-9-11-13-14-15-16-17-18-19-20-21-22-23-24-25-26-27-28-29-31-32-34-36-38-42(48)44(50)41(40-47)46-45(51)43(49)39-37-35-33-30-12-10-8-6-4-2/h22-23,26-27,31-32,41-44,47-50H,3-21,24-25,28-30,33-40H2,1-2H3,(H,46,51)/b23-22+,27-26+,32-31+. The lowest BCUT2D eigenvalue weighted by atomic mass is 10.00. The maximum Gasteiger partial charge on any atom is 0.249 e. The van der Waals surface area contributed by atoms with Crippen LogP contribution in [0.3, 0.4) is 0 Å². The van der Waals surface area contributed by atoms with E-state index in [1.165, 1.54) is 128 Å². The average Bonchev–Trinajstić information content (AvgIpc) is 3.13. The molecule has 0 aliphatic heterocycles. The van der Waals surface area contributed by atoms with Gasteiger partial charge in [-0.3, -0.25) is 4.79 Å². The van der Waals surface area contributed by atoms with Gasteiger partial charge in [0.25, 0.3) is 0 Å². The Balaban J connectivity index is 3.76. The van der Waals surface area contributed by atoms with E-state index in [1.54, 1.807) is 0 Å². The van der Waals surface area contributed by atoms with Gasteiger partial charge in [0.1, 0.15) is 12.2 Å². The third kappa shape index (κ3) is 34.1. The molecule has 5 N–H and O–H groups in total. The molecule has 0 aliphatic rings. The van der Waals surface area contributed by atoms with E-state index < -0.39 is 36.9 Å². The molecule has 4 unspecified atom stereocenters. The summed E-state index contributed by atoms with van der Waals surface area (Å²) in [6.07, 6.45) is 46.3. The van der Waals surface area contributed by atoms with Crippen molar-refractivity contribution < 1.29 is 25.2 Å². The van der Waals surface area contributed by atoms with Crippen molar-refractivity contribution in [2.75, 3.05) is 6.61 Å². The number of hydrogen-bond donors (Lipinski definition) is 5. The highest BCUT2D eigenvalue weighted by Gasteiger charge is 2.28. The van der Waals surface area contributed by atoms with E-state index in [9.17, 15) is 25.2 Å². The molecule has 0 heterocycles. The van der Waals surface area contributed by atoms with Crippen molar-refractivity contribution >= 4 is 5.91 Å². The number of allylic oxidation sites excluding steroid dienone is 6. The van der Waals surface area contributed by atoms with Crippen LogP contribution in [0.15, 0.2) is 36.5 Å². The molecular weight excluding hydrogens is 634 g/mol. The van der Waals surface area contributed by atoms with Crippen LogP contribution in [0.25, 0.3) is 0 Å². The first-order chi connectivity index (χ1) is 25.0. The van der Waals surface area contributed by atoms with E-state index in [2.05, 4.69) is 55.6 Å². The highest BCUT2D eigenvalue weighted by molar-refractivity contribution is 5.80. The van der Waals surface area contributed by atoms with Gasteiger partial charge < -0.3 is 25.7 Å². The monoisotopic (exact) mass is 720 g/mol. The highest BCUT2D eigenvalue weighted by Crippen LogP contribution is 2.15. The van der Waals surface area contributed by atoms with Crippen molar-refractivity contribution in [2.24, 2.45) is 0 Å². The largest absolute Gasteiger partial charge is 0.394 e. The van der Waals surface area contributed by atoms with Gasteiger partial charge in [-0.1, -0.05) is 185 Å². The van der Waals surface area contributed by atoms with E-state index in [1.807, 2.05) is 0 Å². The van der Waals surface area contributed by atoms with Crippen LogP contribution in [-0.2, 0) is 4.79 Å². The number of aliphatic hydroxyl groups is 4. The van der Waals surface area contributed by atoms with E-state index in [-0.39, 0.29) is 0 Å². The fourth-order valence-electron chi connectivity index (χ4n) is 6.55. The van der Waals surface area contributed by atoms with Crippen LogP contribution in [0.4, 0.5) is 0 Å². The third-order valence-electron chi connectivity index (χ3n) is 10.1. The molecule has 0 aliphatic carbocycles. The number of unbranched alkanes of at least 4 members (excludes halogenated alkanes) is 24. The van der Waals surface area contributed by atoms with Crippen molar-refractivity contribution in [1.82, 2.24) is 5.32 Å². The van der Waals surface area contributed by atoms with E-state index in [0.717, 1.165) is 51.4 Å². The summed E-state index contributed by atoms with van der Waals surface area (Å²) >= 11 is 0. The Hall–Kier alpha value is -1.47. The molecule has 0 bridgehead atoms. The predicted octanol–water partition coefficient (Wildman–Crippen LogP) is 11.3. The molecule has 6 nitrogen and oxygen atoms in total. The van der Waals surface area contributed by atoms with Crippen LogP contribution in [-0.4, -0.2) is 57.3 Å². The zero-order valence-electron chi connectivity index (χ0n) is 33.6. The highest BCUT2D eigenvalue weighted by atomic mass is 16.3. The van der Waals surface area contributed by atoms with Crippen LogP contribution in [0, 0.1) is 0 Å². The smallest absolute Gasteiger partial charge is 0.249 e. The number of hydrogen-bond acceptors (Lipinski definition) is 5. The van der Waals surface area contributed by atoms with Gasteiger partial charge in [0.2, 0.25) is 5.91 Å². The predicted molar refractivity (Wildman–Crippen MR) is 219 cm³/mol. The fourth-order valence-corrected chi connectivity index (χ4v) is 6.55. The van der Waals surface area contributed by atoms with Crippen molar-refractivity contribution in [3.05, 3.63) is 36.5 Å². The molecule has 0 rings (SSSR count). The van der Waals surface area contributed by atoms with Crippen LogP contribution in [0.2, 0.25) is 0 Å². The molecule has 0 radical (unpaired) electrons. The molecule has 300 valence electrons. The van der Waals surface area contributed by atoms with Gasteiger partial charge in [0.15, 0.2) is 0 Å². The average molecular weight is 720 g/mol. The lowest BCUT2D eigenvalue weighted by Crippen LogP contribution is -2.53. The maximum atomic E-state index is 12.4. The zero-order chi connectivity index (χ0) is 37.5. The summed E-state index contributed by atoms with van der Waals surface area (Å²) in [5.41, 5.74) is 0. The molecule has 51 heavy (non-hydrogen) atoms. The lowest BCUT2D eigenvalue weighted by molar-refractivity contribution is -0.132. The molecule has 6 heteroatoms. The molecule has 0 fully saturated rings. The quantitative estimate of drug-likeness (QED) is 0.0321. The second kappa shape index (κ2) is 39.7. The zero-order valence-corrected chi connectivity index (χ0v) is 33.6. The van der Waals surface area contributed by atoms with E-state index in [4.69, 9.17) is 0 Å². The Morgan fingerprint density at radius 3 is 1.24 bits per heavy atom. The van der Waals surface area contributed by atoms with Gasteiger partial charge in [-0.05, 0) is 64.2 Å². The van der Waals surface area contributed by atoms with Gasteiger partial charge in [-0.2, -0.15) is 0 Å². The minimum Gasteiger partial charge on any atom is -0.394 e. The number of nitrogens with one attached hydrogen (secondary N) is 1. The molecule has 0 saturated carbocycles. The molecule has 0 aromatic carbocycles. The van der Waals surface area contributed by atoms with E-state index in [0.29, 0.717) is 19.3 Å². The molecule has 0 aromatic rings. The minimum absolute atomic E-state index is 0.359. The normalized spacial score (nSPS) is 14.5. The van der Waals surface area contributed by atoms with Crippen LogP contribution >= 0.6 is 0 Å². The van der Waals surface area contributed by atoms with Gasteiger partial charge in [0, 0.05) is 0 Å². The Bertz CT molecular complexity index is 812. The van der Waals surface area contributed by atoms with Crippen LogP contribution in [0.5, 0.6) is 0 Å². The summed E-state index contributed by atoms with van der Waals surface area (Å²) in [6.45, 7) is 4.00. The summed E-state index contributed by atoms with van der Waals surface area (Å²) in [4.78, 5) is 12.4. The molecule has 0 spiro atoms. The topological polar surface area (TPSA) is 110 Å². The van der Waals surface area contributed by atoms with Gasteiger partial charge in [-0.25, -0.2) is 0 Å². The molecule has 0 aromatic heterocycles. The summed E-state index contributed by atoms with van der Waals surface area (Å²) in [5.74, 6) is -0.603. The SMILES string of the molecule is CCCCCCCCCCCCCCC/C=C/CC/C=C/CC/C=C/CCCC(O)C(O)C(CO)NC(=O)C(O)CCCCCCCCCCC. The lowest BCUT2D eigenvalue weighted by Gasteiger charge is -2.27. The van der Waals surface area contributed by atoms with Gasteiger partial charge in [0.05, 0.1) is 18.8 Å². The van der Waals surface area contributed by atoms with Crippen molar-refractivity contribution in [2.45, 2.75) is 237 Å².